The van der Waals surface area contributed by atoms with E-state index in [2.05, 4.69) is 53.3 Å². The van der Waals surface area contributed by atoms with E-state index in [1.807, 2.05) is 24.3 Å². The zero-order valence-corrected chi connectivity index (χ0v) is 15.7. The number of amides is 1. The first kappa shape index (κ1) is 18.2. The Morgan fingerprint density at radius 2 is 1.92 bits per heavy atom. The van der Waals surface area contributed by atoms with E-state index < -0.39 is 0 Å². The molecule has 0 aliphatic heterocycles. The molecule has 1 amide bonds. The molecule has 0 bridgehead atoms. The molecule has 4 nitrogen and oxygen atoms in total. The molecule has 5 heteroatoms. The maximum absolute atomic E-state index is 12.4. The lowest BCUT2D eigenvalue weighted by Crippen LogP contribution is -2.31. The summed E-state index contributed by atoms with van der Waals surface area (Å²) in [5.74, 6) is 0.624. The van der Waals surface area contributed by atoms with Gasteiger partial charge in [-0.3, -0.25) is 10.1 Å². The summed E-state index contributed by atoms with van der Waals surface area (Å²) < 4.78 is 5.19. The van der Waals surface area contributed by atoms with Gasteiger partial charge in [-0.05, 0) is 36.1 Å². The Kier molecular flexibility index (Phi) is 6.04. The molecule has 2 N–H and O–H groups in total. The summed E-state index contributed by atoms with van der Waals surface area (Å²) in [6.45, 7) is 2.28. The van der Waals surface area contributed by atoms with E-state index >= 15 is 0 Å². The van der Waals surface area contributed by atoms with Crippen LogP contribution in [0.25, 0.3) is 0 Å². The van der Waals surface area contributed by atoms with Crippen molar-refractivity contribution in [1.29, 1.82) is 0 Å². The summed E-state index contributed by atoms with van der Waals surface area (Å²) in [7, 11) is 1.61. The molecule has 1 heterocycles. The molecule has 0 aliphatic carbocycles. The second-order valence-electron chi connectivity index (χ2n) is 6.02. The average Bonchev–Trinajstić information content (AvgIpc) is 3.18. The predicted molar refractivity (Wildman–Crippen MR) is 107 cm³/mol. The molecular formula is C21H22N2O2S. The van der Waals surface area contributed by atoms with Gasteiger partial charge in [0.25, 0.3) is 0 Å². The summed E-state index contributed by atoms with van der Waals surface area (Å²) in [6, 6.07) is 19.8. The molecule has 26 heavy (non-hydrogen) atoms. The minimum atomic E-state index is -0.0908. The molecule has 0 saturated heterocycles. The van der Waals surface area contributed by atoms with Crippen LogP contribution in [0, 0.1) is 6.92 Å². The van der Waals surface area contributed by atoms with Crippen LogP contribution in [0.3, 0.4) is 0 Å². The van der Waals surface area contributed by atoms with Crippen LogP contribution >= 0.6 is 11.3 Å². The van der Waals surface area contributed by atoms with E-state index in [-0.39, 0.29) is 18.5 Å². The average molecular weight is 366 g/mol. The second-order valence-corrected chi connectivity index (χ2v) is 7.00. The van der Waals surface area contributed by atoms with Crippen LogP contribution in [0.4, 0.5) is 5.69 Å². The summed E-state index contributed by atoms with van der Waals surface area (Å²) in [5.41, 5.74) is 3.08. The van der Waals surface area contributed by atoms with Gasteiger partial charge in [-0.1, -0.05) is 42.0 Å². The van der Waals surface area contributed by atoms with Gasteiger partial charge in [0, 0.05) is 16.6 Å². The number of hydrogen-bond donors (Lipinski definition) is 2. The van der Waals surface area contributed by atoms with Crippen molar-refractivity contribution in [2.24, 2.45) is 0 Å². The van der Waals surface area contributed by atoms with Crippen LogP contribution in [-0.2, 0) is 4.79 Å². The Bertz CT molecular complexity index is 845. The topological polar surface area (TPSA) is 50.4 Å². The Balaban J connectivity index is 1.67. The highest BCUT2D eigenvalue weighted by atomic mass is 32.1. The minimum Gasteiger partial charge on any atom is -0.497 e. The number of anilines is 1. The van der Waals surface area contributed by atoms with Gasteiger partial charge in [0.2, 0.25) is 5.91 Å². The first-order valence-corrected chi connectivity index (χ1v) is 9.31. The molecule has 0 fully saturated rings. The van der Waals surface area contributed by atoms with Gasteiger partial charge in [0.1, 0.15) is 5.75 Å². The van der Waals surface area contributed by atoms with Gasteiger partial charge in [-0.2, -0.15) is 0 Å². The van der Waals surface area contributed by atoms with E-state index in [0.29, 0.717) is 5.75 Å². The lowest BCUT2D eigenvalue weighted by molar-refractivity contribution is -0.115. The number of methoxy groups -OCH3 is 1. The summed E-state index contributed by atoms with van der Waals surface area (Å²) >= 11 is 1.68. The predicted octanol–water partition coefficient (Wildman–Crippen LogP) is 4.38. The van der Waals surface area contributed by atoms with Crippen LogP contribution in [0.5, 0.6) is 5.75 Å². The van der Waals surface area contributed by atoms with Crippen LogP contribution in [-0.4, -0.2) is 19.6 Å². The van der Waals surface area contributed by atoms with Crippen molar-refractivity contribution < 1.29 is 9.53 Å². The Morgan fingerprint density at radius 1 is 1.12 bits per heavy atom. The van der Waals surface area contributed by atoms with Gasteiger partial charge < -0.3 is 10.1 Å². The Labute approximate surface area is 157 Å². The van der Waals surface area contributed by atoms with Gasteiger partial charge in [0.05, 0.1) is 19.7 Å². The van der Waals surface area contributed by atoms with Gasteiger partial charge >= 0.3 is 0 Å². The second kappa shape index (κ2) is 8.65. The monoisotopic (exact) mass is 366 g/mol. The number of nitrogens with one attached hydrogen (secondary N) is 2. The van der Waals surface area contributed by atoms with E-state index in [0.717, 1.165) is 11.3 Å². The zero-order valence-electron chi connectivity index (χ0n) is 14.9. The van der Waals surface area contributed by atoms with Crippen molar-refractivity contribution in [1.82, 2.24) is 5.32 Å². The highest BCUT2D eigenvalue weighted by molar-refractivity contribution is 7.10. The number of rotatable bonds is 7. The van der Waals surface area contributed by atoms with Crippen LogP contribution < -0.4 is 15.4 Å². The fourth-order valence-electron chi connectivity index (χ4n) is 2.70. The maximum atomic E-state index is 12.4. The third-order valence-corrected chi connectivity index (χ3v) is 5.00. The molecule has 1 aromatic heterocycles. The SMILES string of the molecule is COc1cccc(NC(=O)CN[C@@H](c2ccc(C)cc2)c2cccs2)c1. The van der Waals surface area contributed by atoms with Crippen molar-refractivity contribution in [3.8, 4) is 5.75 Å². The van der Waals surface area contributed by atoms with Crippen molar-refractivity contribution in [2.75, 3.05) is 19.0 Å². The highest BCUT2D eigenvalue weighted by Gasteiger charge is 2.16. The van der Waals surface area contributed by atoms with Gasteiger partial charge in [0.15, 0.2) is 0 Å². The van der Waals surface area contributed by atoms with Crippen molar-refractivity contribution >= 4 is 22.9 Å². The number of benzene rings is 2. The smallest absolute Gasteiger partial charge is 0.238 e. The van der Waals surface area contributed by atoms with Crippen molar-refractivity contribution in [2.45, 2.75) is 13.0 Å². The molecule has 0 spiro atoms. The Morgan fingerprint density at radius 3 is 2.62 bits per heavy atom. The molecule has 3 aromatic rings. The minimum absolute atomic E-state index is 0.00772. The van der Waals surface area contributed by atoms with Crippen molar-refractivity contribution in [3.05, 3.63) is 82.0 Å². The molecular weight excluding hydrogens is 344 g/mol. The molecule has 3 rings (SSSR count). The fraction of sp³-hybridized carbons (Fsp3) is 0.190. The third kappa shape index (κ3) is 4.71. The number of hydrogen-bond acceptors (Lipinski definition) is 4. The number of ether oxygens (including phenoxy) is 1. The van der Waals surface area contributed by atoms with Gasteiger partial charge in [-0.25, -0.2) is 0 Å². The van der Waals surface area contributed by atoms with E-state index in [1.165, 1.54) is 10.4 Å². The van der Waals surface area contributed by atoms with Gasteiger partial charge in [-0.15, -0.1) is 11.3 Å². The molecule has 0 saturated carbocycles. The number of carbonyl (C=O) groups is 1. The number of thiophene rings is 1. The zero-order chi connectivity index (χ0) is 18.4. The summed E-state index contributed by atoms with van der Waals surface area (Å²) in [5, 5.41) is 8.32. The largest absolute Gasteiger partial charge is 0.497 e. The summed E-state index contributed by atoms with van der Waals surface area (Å²) in [4.78, 5) is 13.5. The highest BCUT2D eigenvalue weighted by Crippen LogP contribution is 2.26. The van der Waals surface area contributed by atoms with E-state index in [9.17, 15) is 4.79 Å². The van der Waals surface area contributed by atoms with Crippen molar-refractivity contribution in [3.63, 3.8) is 0 Å². The molecule has 2 aromatic carbocycles. The molecule has 0 radical (unpaired) electrons. The van der Waals surface area contributed by atoms with Crippen LogP contribution in [0.2, 0.25) is 0 Å². The van der Waals surface area contributed by atoms with Crippen LogP contribution in [0.1, 0.15) is 22.0 Å². The standard InChI is InChI=1S/C21H22N2O2S/c1-15-8-10-16(11-9-15)21(19-7-4-12-26-19)22-14-20(24)23-17-5-3-6-18(13-17)25-2/h3-13,21-22H,14H2,1-2H3,(H,23,24)/t21-/m0/s1. The third-order valence-electron chi connectivity index (χ3n) is 4.06. The lowest BCUT2D eigenvalue weighted by Gasteiger charge is -2.18. The molecule has 0 unspecified atom stereocenters. The maximum Gasteiger partial charge on any atom is 0.238 e. The summed E-state index contributed by atoms with van der Waals surface area (Å²) in [6.07, 6.45) is 0. The molecule has 1 atom stereocenters. The lowest BCUT2D eigenvalue weighted by atomic mass is 10.0. The Hall–Kier alpha value is -2.63. The fourth-order valence-corrected chi connectivity index (χ4v) is 3.52. The van der Waals surface area contributed by atoms with E-state index in [1.54, 1.807) is 24.5 Å². The van der Waals surface area contributed by atoms with Crippen LogP contribution in [0.15, 0.2) is 66.0 Å². The normalized spacial score (nSPS) is 11.8. The molecule has 134 valence electrons. The first-order chi connectivity index (χ1) is 12.7. The molecule has 0 aliphatic rings. The quantitative estimate of drug-likeness (QED) is 0.652. The number of carbonyl (C=O) groups excluding carboxylic acids is 1. The van der Waals surface area contributed by atoms with E-state index in [4.69, 9.17) is 4.74 Å². The first-order valence-electron chi connectivity index (χ1n) is 8.43. The number of aryl methyl sites for hydroxylation is 1.